The maximum absolute atomic E-state index is 11.6. The molecule has 0 saturated heterocycles. The Hall–Kier alpha value is -0.870. The topological polar surface area (TPSA) is 54.4 Å². The van der Waals surface area contributed by atoms with E-state index in [-0.39, 0.29) is 16.7 Å². The molecule has 0 bridgehead atoms. The van der Waals surface area contributed by atoms with Crippen LogP contribution in [0, 0.1) is 6.92 Å². The molecule has 0 fully saturated rings. The van der Waals surface area contributed by atoms with Crippen LogP contribution in [0.4, 0.5) is 0 Å². The first-order valence-electron chi connectivity index (χ1n) is 5.76. The molecule has 0 aliphatic heterocycles. The lowest BCUT2D eigenvalue weighted by atomic mass is 9.93. The maximum atomic E-state index is 11.6. The fraction of sp³-hybridized carbons (Fsp3) is 0.538. The molecular formula is C13H20O3S. The normalized spacial score (nSPS) is 12.5. The zero-order chi connectivity index (χ0) is 13.4. The molecule has 0 heterocycles. The van der Waals surface area contributed by atoms with Gasteiger partial charge in [0.2, 0.25) is 0 Å². The molecule has 4 heteroatoms. The second-order valence-electron chi connectivity index (χ2n) is 5.06. The van der Waals surface area contributed by atoms with Crippen molar-refractivity contribution in [1.82, 2.24) is 0 Å². The molecule has 0 spiro atoms. The highest BCUT2D eigenvalue weighted by Gasteiger charge is 2.23. The molecule has 0 unspecified atom stereocenters. The van der Waals surface area contributed by atoms with Gasteiger partial charge in [-0.2, -0.15) is 8.42 Å². The Bertz CT molecular complexity index is 484. The van der Waals surface area contributed by atoms with Crippen LogP contribution in [0.3, 0.4) is 0 Å². The molecule has 1 aromatic rings. The molecule has 0 aliphatic rings. The molecule has 1 aromatic carbocycles. The highest BCUT2D eigenvalue weighted by Crippen LogP contribution is 2.32. The van der Waals surface area contributed by atoms with Gasteiger partial charge in [-0.1, -0.05) is 45.4 Å². The third-order valence-corrected chi connectivity index (χ3v) is 3.78. The van der Waals surface area contributed by atoms with Crippen molar-refractivity contribution in [3.8, 4) is 0 Å². The summed E-state index contributed by atoms with van der Waals surface area (Å²) in [5.74, 6) is 0.119. The molecule has 96 valence electrons. The van der Waals surface area contributed by atoms with E-state index in [0.717, 1.165) is 5.56 Å². The van der Waals surface area contributed by atoms with Gasteiger partial charge in [-0.15, -0.1) is 0 Å². The summed E-state index contributed by atoms with van der Waals surface area (Å²) in [5, 5.41) is 0. The third-order valence-electron chi connectivity index (χ3n) is 2.79. The van der Waals surface area contributed by atoms with Crippen molar-refractivity contribution < 1.29 is 13.0 Å². The Morgan fingerprint density at radius 3 is 1.59 bits per heavy atom. The summed E-state index contributed by atoms with van der Waals surface area (Å²) in [6.07, 6.45) is 0. The molecule has 17 heavy (non-hydrogen) atoms. The first-order chi connectivity index (χ1) is 7.64. The number of rotatable bonds is 3. The molecule has 3 nitrogen and oxygen atoms in total. The highest BCUT2D eigenvalue weighted by molar-refractivity contribution is 7.86. The molecule has 0 atom stereocenters. The lowest BCUT2D eigenvalue weighted by molar-refractivity contribution is 0.479. The van der Waals surface area contributed by atoms with E-state index in [2.05, 4.69) is 0 Å². The molecule has 0 amide bonds. The fourth-order valence-electron chi connectivity index (χ4n) is 1.99. The minimum atomic E-state index is -4.17. The van der Waals surface area contributed by atoms with Gasteiger partial charge >= 0.3 is 0 Å². The van der Waals surface area contributed by atoms with Crippen molar-refractivity contribution in [2.75, 3.05) is 0 Å². The van der Waals surface area contributed by atoms with Gasteiger partial charge in [0.05, 0.1) is 0 Å². The predicted octanol–water partition coefficient (Wildman–Crippen LogP) is 3.49. The zero-order valence-corrected chi connectivity index (χ0v) is 11.8. The van der Waals surface area contributed by atoms with E-state index in [1.165, 1.54) is 0 Å². The van der Waals surface area contributed by atoms with Gasteiger partial charge < -0.3 is 0 Å². The predicted molar refractivity (Wildman–Crippen MR) is 69.2 cm³/mol. The average Bonchev–Trinajstić information content (AvgIpc) is 2.14. The first kappa shape index (κ1) is 14.2. The minimum Gasteiger partial charge on any atom is -0.282 e. The van der Waals surface area contributed by atoms with E-state index < -0.39 is 10.1 Å². The van der Waals surface area contributed by atoms with E-state index in [4.69, 9.17) is 0 Å². The Labute approximate surface area is 104 Å². The SMILES string of the molecule is Cc1cc(C(C)C)c(S(=O)(=O)O)c(C(C)C)c1. The fourth-order valence-corrected chi connectivity index (χ4v) is 3.17. The van der Waals surface area contributed by atoms with Gasteiger partial charge in [-0.3, -0.25) is 4.55 Å². The van der Waals surface area contributed by atoms with Crippen LogP contribution in [0.2, 0.25) is 0 Å². The monoisotopic (exact) mass is 256 g/mol. The summed E-state index contributed by atoms with van der Waals surface area (Å²) < 4.78 is 32.5. The molecule has 1 rings (SSSR count). The second-order valence-corrected chi connectivity index (χ2v) is 6.42. The van der Waals surface area contributed by atoms with E-state index >= 15 is 0 Å². The molecule has 0 saturated carbocycles. The number of benzene rings is 1. The van der Waals surface area contributed by atoms with Crippen molar-refractivity contribution in [2.45, 2.75) is 51.3 Å². The van der Waals surface area contributed by atoms with E-state index in [9.17, 15) is 13.0 Å². The van der Waals surface area contributed by atoms with E-state index in [0.29, 0.717) is 11.1 Å². The van der Waals surface area contributed by atoms with E-state index in [1.54, 1.807) is 0 Å². The van der Waals surface area contributed by atoms with Crippen LogP contribution in [0.15, 0.2) is 17.0 Å². The molecule has 1 N–H and O–H groups in total. The number of hydrogen-bond acceptors (Lipinski definition) is 2. The molecular weight excluding hydrogens is 236 g/mol. The second kappa shape index (κ2) is 4.78. The van der Waals surface area contributed by atoms with Crippen LogP contribution < -0.4 is 0 Å². The van der Waals surface area contributed by atoms with Crippen molar-refractivity contribution in [3.05, 3.63) is 28.8 Å². The summed E-state index contributed by atoms with van der Waals surface area (Å²) in [5.41, 5.74) is 2.40. The Kier molecular flexibility index (Phi) is 3.99. The summed E-state index contributed by atoms with van der Waals surface area (Å²) >= 11 is 0. The summed E-state index contributed by atoms with van der Waals surface area (Å²) in [7, 11) is -4.17. The van der Waals surface area contributed by atoms with Crippen LogP contribution >= 0.6 is 0 Å². The lowest BCUT2D eigenvalue weighted by Gasteiger charge is -2.18. The third kappa shape index (κ3) is 3.07. The van der Waals surface area contributed by atoms with Crippen LogP contribution in [0.25, 0.3) is 0 Å². The smallest absolute Gasteiger partial charge is 0.282 e. The van der Waals surface area contributed by atoms with Crippen LogP contribution in [-0.2, 0) is 10.1 Å². The Balaban J connectivity index is 3.72. The van der Waals surface area contributed by atoms with Crippen LogP contribution in [-0.4, -0.2) is 13.0 Å². The largest absolute Gasteiger partial charge is 0.295 e. The van der Waals surface area contributed by atoms with Gasteiger partial charge in [0.1, 0.15) is 4.90 Å². The van der Waals surface area contributed by atoms with Crippen molar-refractivity contribution in [3.63, 3.8) is 0 Å². The molecule has 0 radical (unpaired) electrons. The van der Waals surface area contributed by atoms with Gasteiger partial charge in [0, 0.05) is 0 Å². The standard InChI is InChI=1S/C13H20O3S/c1-8(2)11-6-10(5)7-12(9(3)4)13(11)17(14,15)16/h6-9H,1-5H3,(H,14,15,16). The van der Waals surface area contributed by atoms with Gasteiger partial charge in [0.15, 0.2) is 0 Å². The molecule has 0 aliphatic carbocycles. The lowest BCUT2D eigenvalue weighted by Crippen LogP contribution is -2.10. The average molecular weight is 256 g/mol. The van der Waals surface area contributed by atoms with Gasteiger partial charge in [-0.25, -0.2) is 0 Å². The molecule has 0 aromatic heterocycles. The van der Waals surface area contributed by atoms with Crippen molar-refractivity contribution in [2.24, 2.45) is 0 Å². The van der Waals surface area contributed by atoms with Crippen molar-refractivity contribution in [1.29, 1.82) is 0 Å². The maximum Gasteiger partial charge on any atom is 0.295 e. The zero-order valence-electron chi connectivity index (χ0n) is 11.0. The van der Waals surface area contributed by atoms with Crippen LogP contribution in [0.1, 0.15) is 56.2 Å². The minimum absolute atomic E-state index is 0.0596. The van der Waals surface area contributed by atoms with Gasteiger partial charge in [0.25, 0.3) is 10.1 Å². The Morgan fingerprint density at radius 1 is 1.00 bits per heavy atom. The summed E-state index contributed by atoms with van der Waals surface area (Å²) in [4.78, 5) is 0.0908. The summed E-state index contributed by atoms with van der Waals surface area (Å²) in [6.45, 7) is 9.63. The summed E-state index contributed by atoms with van der Waals surface area (Å²) in [6, 6.07) is 3.67. The van der Waals surface area contributed by atoms with Crippen LogP contribution in [0.5, 0.6) is 0 Å². The van der Waals surface area contributed by atoms with Crippen molar-refractivity contribution >= 4 is 10.1 Å². The highest BCUT2D eigenvalue weighted by atomic mass is 32.2. The number of aryl methyl sites for hydroxylation is 1. The van der Waals surface area contributed by atoms with E-state index in [1.807, 2.05) is 46.8 Å². The van der Waals surface area contributed by atoms with Gasteiger partial charge in [-0.05, 0) is 29.9 Å². The Morgan fingerprint density at radius 2 is 1.35 bits per heavy atom. The first-order valence-corrected chi connectivity index (χ1v) is 7.20. The quantitative estimate of drug-likeness (QED) is 0.842. The number of hydrogen-bond donors (Lipinski definition) is 1.